The number of aryl methyl sites for hydroxylation is 1. The second-order valence-corrected chi connectivity index (χ2v) is 9.81. The Bertz CT molecular complexity index is 1180. The summed E-state index contributed by atoms with van der Waals surface area (Å²) in [7, 11) is 1.72. The van der Waals surface area contributed by atoms with Crippen molar-refractivity contribution in [2.75, 3.05) is 12.0 Å². The molecule has 162 valence electrons. The van der Waals surface area contributed by atoms with Crippen LogP contribution in [0.15, 0.2) is 90.5 Å². The highest BCUT2D eigenvalue weighted by atomic mass is 16.5. The summed E-state index contributed by atoms with van der Waals surface area (Å²) >= 11 is 0. The second-order valence-electron chi connectivity index (χ2n) is 9.81. The lowest BCUT2D eigenvalue weighted by atomic mass is 9.75. The Morgan fingerprint density at radius 1 is 0.812 bits per heavy atom. The molecule has 0 radical (unpaired) electrons. The topological polar surface area (TPSA) is 12.5 Å². The number of methoxy groups -OCH3 is 1. The average molecular weight is 422 g/mol. The van der Waals surface area contributed by atoms with Crippen molar-refractivity contribution in [3.05, 3.63) is 107 Å². The lowest BCUT2D eigenvalue weighted by Crippen LogP contribution is -2.45. The van der Waals surface area contributed by atoms with Crippen molar-refractivity contribution in [2.24, 2.45) is 5.41 Å². The third-order valence-electron chi connectivity index (χ3n) is 6.69. The van der Waals surface area contributed by atoms with E-state index in [4.69, 9.17) is 4.74 Å². The van der Waals surface area contributed by atoms with E-state index in [1.165, 1.54) is 39.2 Å². The molecule has 1 aliphatic heterocycles. The maximum Gasteiger partial charge on any atom is 0.119 e. The third-order valence-corrected chi connectivity index (χ3v) is 6.69. The van der Waals surface area contributed by atoms with Gasteiger partial charge in [-0.3, -0.25) is 0 Å². The molecule has 2 nitrogen and oxygen atoms in total. The van der Waals surface area contributed by atoms with Gasteiger partial charge in [-0.2, -0.15) is 0 Å². The molecule has 0 bridgehead atoms. The highest BCUT2D eigenvalue weighted by Crippen LogP contribution is 2.49. The van der Waals surface area contributed by atoms with Gasteiger partial charge in [0.15, 0.2) is 0 Å². The molecular formula is C30H31NO. The summed E-state index contributed by atoms with van der Waals surface area (Å²) in [5.41, 5.74) is 9.56. The van der Waals surface area contributed by atoms with Crippen LogP contribution in [0.5, 0.6) is 5.75 Å². The first-order valence-electron chi connectivity index (χ1n) is 11.5. The van der Waals surface area contributed by atoms with Crippen LogP contribution in [-0.2, 0) is 6.42 Å². The van der Waals surface area contributed by atoms with Crippen molar-refractivity contribution in [2.45, 2.75) is 39.7 Å². The first kappa shape index (κ1) is 20.6. The largest absolute Gasteiger partial charge is 0.497 e. The molecule has 0 N–H and O–H groups in total. The van der Waals surface area contributed by atoms with Gasteiger partial charge >= 0.3 is 0 Å². The number of rotatable bonds is 3. The van der Waals surface area contributed by atoms with Gasteiger partial charge in [0.1, 0.15) is 5.75 Å². The van der Waals surface area contributed by atoms with Crippen molar-refractivity contribution in [3.63, 3.8) is 0 Å². The molecule has 1 atom stereocenters. The van der Waals surface area contributed by atoms with Crippen molar-refractivity contribution in [3.8, 4) is 5.75 Å². The molecule has 0 spiro atoms. The van der Waals surface area contributed by atoms with Crippen molar-refractivity contribution >= 4 is 17.0 Å². The molecule has 1 aliphatic carbocycles. The van der Waals surface area contributed by atoms with Crippen LogP contribution in [0.1, 0.15) is 43.9 Å². The lowest BCUT2D eigenvalue weighted by Gasteiger charge is -2.47. The number of anilines is 1. The van der Waals surface area contributed by atoms with E-state index < -0.39 is 0 Å². The molecule has 0 amide bonds. The van der Waals surface area contributed by atoms with E-state index in [0.717, 1.165) is 18.6 Å². The van der Waals surface area contributed by atoms with Crippen molar-refractivity contribution in [1.82, 2.24) is 0 Å². The normalized spacial score (nSPS) is 18.1. The van der Waals surface area contributed by atoms with Crippen molar-refractivity contribution in [1.29, 1.82) is 0 Å². The van der Waals surface area contributed by atoms with Gasteiger partial charge in [0.25, 0.3) is 0 Å². The van der Waals surface area contributed by atoms with Crippen LogP contribution in [0.25, 0.3) is 11.3 Å². The first-order chi connectivity index (χ1) is 15.5. The fraction of sp³-hybridized carbons (Fsp3) is 0.267. The second kappa shape index (κ2) is 8.02. The third kappa shape index (κ3) is 3.54. The number of hydrogen-bond donors (Lipinski definition) is 0. The quantitative estimate of drug-likeness (QED) is 0.438. The molecule has 5 rings (SSSR count). The van der Waals surface area contributed by atoms with Crippen LogP contribution in [-0.4, -0.2) is 13.2 Å². The van der Waals surface area contributed by atoms with Crippen LogP contribution in [0, 0.1) is 5.41 Å². The Labute approximate surface area is 191 Å². The van der Waals surface area contributed by atoms with E-state index in [1.807, 2.05) is 0 Å². The van der Waals surface area contributed by atoms with E-state index in [0.29, 0.717) is 0 Å². The number of fused-ring (bicyclic) bond motifs is 2. The summed E-state index contributed by atoms with van der Waals surface area (Å²) in [4.78, 5) is 2.57. The summed E-state index contributed by atoms with van der Waals surface area (Å²) in [6.45, 7) is 7.02. The van der Waals surface area contributed by atoms with E-state index in [1.54, 1.807) is 7.11 Å². The van der Waals surface area contributed by atoms with Gasteiger partial charge in [-0.15, -0.1) is 0 Å². The summed E-state index contributed by atoms with van der Waals surface area (Å²) in [5, 5.41) is 0. The maximum absolute atomic E-state index is 5.45. The monoisotopic (exact) mass is 421 g/mol. The minimum Gasteiger partial charge on any atom is -0.497 e. The zero-order valence-corrected chi connectivity index (χ0v) is 19.4. The Hall–Kier alpha value is -3.26. The standard InChI is InChI=1S/C30H31NO/c1-30(2,3)28-20-27(21-10-6-5-7-11-21)26-19-14-22-12-8-9-13-25(22)29(26)31(28)23-15-17-24(32-4)18-16-23/h5-13,15-18,20,28H,14,19H2,1-4H3. The van der Waals surface area contributed by atoms with E-state index >= 15 is 0 Å². The van der Waals surface area contributed by atoms with Crippen LogP contribution in [0.3, 0.4) is 0 Å². The minimum atomic E-state index is 0.0465. The fourth-order valence-electron chi connectivity index (χ4n) is 5.08. The summed E-state index contributed by atoms with van der Waals surface area (Å²) in [6.07, 6.45) is 4.64. The molecule has 3 aromatic carbocycles. The zero-order valence-electron chi connectivity index (χ0n) is 19.4. The zero-order chi connectivity index (χ0) is 22.3. The maximum atomic E-state index is 5.45. The predicted molar refractivity (Wildman–Crippen MR) is 135 cm³/mol. The molecule has 2 heteroatoms. The highest BCUT2D eigenvalue weighted by Gasteiger charge is 2.39. The van der Waals surface area contributed by atoms with Gasteiger partial charge in [-0.05, 0) is 64.8 Å². The number of ether oxygens (including phenoxy) is 1. The Balaban J connectivity index is 1.78. The van der Waals surface area contributed by atoms with Gasteiger partial charge < -0.3 is 9.64 Å². The van der Waals surface area contributed by atoms with Crippen LogP contribution in [0.2, 0.25) is 0 Å². The number of benzene rings is 3. The number of hydrogen-bond acceptors (Lipinski definition) is 2. The SMILES string of the molecule is COc1ccc(N2C3=C(CCc4ccccc43)C(c3ccccc3)=CC2C(C)(C)C)cc1. The van der Waals surface area contributed by atoms with Crippen LogP contribution < -0.4 is 9.64 Å². The molecule has 1 unspecified atom stereocenters. The van der Waals surface area contributed by atoms with Crippen molar-refractivity contribution < 1.29 is 4.74 Å². The van der Waals surface area contributed by atoms with E-state index in [2.05, 4.69) is 111 Å². The first-order valence-corrected chi connectivity index (χ1v) is 11.5. The lowest BCUT2D eigenvalue weighted by molar-refractivity contribution is 0.362. The molecule has 1 heterocycles. The molecule has 0 saturated heterocycles. The van der Waals surface area contributed by atoms with E-state index in [9.17, 15) is 0 Å². The van der Waals surface area contributed by atoms with E-state index in [-0.39, 0.29) is 11.5 Å². The van der Waals surface area contributed by atoms with Gasteiger partial charge in [-0.1, -0.05) is 81.4 Å². The Morgan fingerprint density at radius 2 is 1.50 bits per heavy atom. The number of allylic oxidation sites excluding steroid dienone is 2. The molecular weight excluding hydrogens is 390 g/mol. The molecule has 0 saturated carbocycles. The molecule has 0 aromatic heterocycles. The minimum absolute atomic E-state index is 0.0465. The number of nitrogens with zero attached hydrogens (tertiary/aromatic N) is 1. The Morgan fingerprint density at radius 3 is 2.19 bits per heavy atom. The van der Waals surface area contributed by atoms with Gasteiger partial charge in [0.05, 0.1) is 18.8 Å². The van der Waals surface area contributed by atoms with Crippen LogP contribution >= 0.6 is 0 Å². The highest BCUT2D eigenvalue weighted by molar-refractivity contribution is 5.99. The summed E-state index contributed by atoms with van der Waals surface area (Å²) < 4.78 is 5.45. The summed E-state index contributed by atoms with van der Waals surface area (Å²) in [5.74, 6) is 0.886. The average Bonchev–Trinajstić information content (AvgIpc) is 2.83. The fourth-order valence-corrected chi connectivity index (χ4v) is 5.08. The summed E-state index contributed by atoms with van der Waals surface area (Å²) in [6, 6.07) is 28.6. The molecule has 32 heavy (non-hydrogen) atoms. The molecule has 3 aromatic rings. The van der Waals surface area contributed by atoms with Crippen LogP contribution in [0.4, 0.5) is 5.69 Å². The van der Waals surface area contributed by atoms with Gasteiger partial charge in [0.2, 0.25) is 0 Å². The predicted octanol–water partition coefficient (Wildman–Crippen LogP) is 7.37. The smallest absolute Gasteiger partial charge is 0.119 e. The van der Waals surface area contributed by atoms with Gasteiger partial charge in [-0.25, -0.2) is 0 Å². The molecule has 2 aliphatic rings. The Kier molecular flexibility index (Phi) is 5.17. The van der Waals surface area contributed by atoms with Gasteiger partial charge in [0, 0.05) is 11.3 Å². The molecule has 0 fully saturated rings.